The molecule has 0 aliphatic carbocycles. The first-order valence-corrected chi connectivity index (χ1v) is 9.84. The molecule has 0 N–H and O–H groups in total. The third kappa shape index (κ3) is 7.71. The molecule has 0 unspecified atom stereocenters. The van der Waals surface area contributed by atoms with Crippen molar-refractivity contribution in [1.29, 1.82) is 0 Å². The molecule has 6 nitrogen and oxygen atoms in total. The van der Waals surface area contributed by atoms with E-state index in [1.54, 1.807) is 12.1 Å². The first-order valence-electron chi connectivity index (χ1n) is 5.44. The molecule has 11 heteroatoms. The van der Waals surface area contributed by atoms with Gasteiger partial charge in [-0.3, -0.25) is 0 Å². The predicted molar refractivity (Wildman–Crippen MR) is 84.2 cm³/mol. The van der Waals surface area contributed by atoms with Crippen LogP contribution in [0.5, 0.6) is 0 Å². The Morgan fingerprint density at radius 3 is 1.09 bits per heavy atom. The third-order valence-corrected chi connectivity index (χ3v) is 5.91. The van der Waals surface area contributed by atoms with Crippen LogP contribution in [-0.4, -0.2) is 25.9 Å². The molecule has 0 aliphatic heterocycles. The largest absolute Gasteiger partial charge is 2.00 e. The summed E-state index contributed by atoms with van der Waals surface area (Å²) in [5.41, 5.74) is 0. The van der Waals surface area contributed by atoms with Crippen LogP contribution in [0.3, 0.4) is 0 Å². The van der Waals surface area contributed by atoms with Gasteiger partial charge >= 0.3 is 27.7 Å². The number of benzene rings is 2. The average molecular weight is 673 g/mol. The Bertz CT molecular complexity index is 795. The summed E-state index contributed by atoms with van der Waals surface area (Å²) in [7, 11) is -8.66. The Hall–Kier alpha value is 0.155. The van der Waals surface area contributed by atoms with E-state index in [9.17, 15) is 25.9 Å². The Morgan fingerprint density at radius 2 is 0.913 bits per heavy atom. The van der Waals surface area contributed by atoms with Gasteiger partial charge in [-0.1, -0.05) is 24.3 Å². The van der Waals surface area contributed by atoms with E-state index in [2.05, 4.69) is 31.9 Å². The standard InChI is InChI=1S/2C6H5BrO3S.Hg/c2*7-5-3-1-2-4-6(5)11(8,9)10;/h2*1-4H,(H,8,9,10);/q;;+2/p-2. The van der Waals surface area contributed by atoms with Gasteiger partial charge in [0.25, 0.3) is 0 Å². The second-order valence-electron chi connectivity index (χ2n) is 3.77. The minimum absolute atomic E-state index is 0. The minimum atomic E-state index is -4.33. The van der Waals surface area contributed by atoms with E-state index < -0.39 is 20.2 Å². The van der Waals surface area contributed by atoms with E-state index >= 15 is 0 Å². The quantitative estimate of drug-likeness (QED) is 0.358. The summed E-state index contributed by atoms with van der Waals surface area (Å²) in [6.07, 6.45) is 0. The van der Waals surface area contributed by atoms with Gasteiger partial charge in [0.15, 0.2) is 0 Å². The average Bonchev–Trinajstić information content (AvgIpc) is 2.37. The number of hydrogen-bond acceptors (Lipinski definition) is 6. The van der Waals surface area contributed by atoms with Crippen LogP contribution < -0.4 is 0 Å². The van der Waals surface area contributed by atoms with E-state index in [1.807, 2.05) is 0 Å². The Kier molecular flexibility index (Phi) is 9.65. The van der Waals surface area contributed by atoms with Crippen molar-refractivity contribution in [3.63, 3.8) is 0 Å². The van der Waals surface area contributed by atoms with Gasteiger partial charge in [-0.25, -0.2) is 16.8 Å². The van der Waals surface area contributed by atoms with E-state index in [0.29, 0.717) is 8.95 Å². The van der Waals surface area contributed by atoms with Crippen LogP contribution in [-0.2, 0) is 47.9 Å². The Labute approximate surface area is 171 Å². The van der Waals surface area contributed by atoms with E-state index in [0.717, 1.165) is 0 Å². The van der Waals surface area contributed by atoms with Crippen molar-refractivity contribution in [2.75, 3.05) is 0 Å². The fourth-order valence-corrected chi connectivity index (χ4v) is 4.16. The molecule has 0 saturated heterocycles. The molecule has 2 aromatic rings. The summed E-state index contributed by atoms with van der Waals surface area (Å²) < 4.78 is 63.4. The Morgan fingerprint density at radius 1 is 0.652 bits per heavy atom. The summed E-state index contributed by atoms with van der Waals surface area (Å²) in [6.45, 7) is 0. The van der Waals surface area contributed by atoms with Gasteiger partial charge in [-0.05, 0) is 56.1 Å². The fourth-order valence-electron chi connectivity index (χ4n) is 1.29. The molecule has 2 aromatic carbocycles. The molecule has 0 amide bonds. The number of rotatable bonds is 2. The van der Waals surface area contributed by atoms with Crippen molar-refractivity contribution in [3.05, 3.63) is 57.5 Å². The topological polar surface area (TPSA) is 114 Å². The molecule has 23 heavy (non-hydrogen) atoms. The third-order valence-electron chi connectivity index (χ3n) is 2.21. The summed E-state index contributed by atoms with van der Waals surface area (Å²) in [6, 6.07) is 11.8. The van der Waals surface area contributed by atoms with Crippen LogP contribution in [0.1, 0.15) is 0 Å². The van der Waals surface area contributed by atoms with Crippen molar-refractivity contribution in [1.82, 2.24) is 0 Å². The second-order valence-corrected chi connectivity index (χ2v) is 8.17. The molecule has 0 bridgehead atoms. The van der Waals surface area contributed by atoms with Crippen LogP contribution >= 0.6 is 31.9 Å². The van der Waals surface area contributed by atoms with Gasteiger partial charge in [0.1, 0.15) is 20.2 Å². The first-order chi connectivity index (χ1) is 10.0. The molecule has 0 spiro atoms. The molecular weight excluding hydrogens is 665 g/mol. The molecule has 0 atom stereocenters. The van der Waals surface area contributed by atoms with E-state index in [4.69, 9.17) is 0 Å². The smallest absolute Gasteiger partial charge is 0.744 e. The zero-order chi connectivity index (χ0) is 17.0. The van der Waals surface area contributed by atoms with Crippen molar-refractivity contribution < 1.29 is 53.6 Å². The molecule has 2 rings (SSSR count). The summed E-state index contributed by atoms with van der Waals surface area (Å²) in [5.74, 6) is 0. The zero-order valence-corrected chi connectivity index (χ0v) is 21.7. The molecule has 120 valence electrons. The maximum absolute atomic E-state index is 10.5. The van der Waals surface area contributed by atoms with Crippen LogP contribution in [0.25, 0.3) is 0 Å². The Balaban J connectivity index is 0.000000403. The summed E-state index contributed by atoms with van der Waals surface area (Å²) >= 11 is 5.91. The molecule has 0 fully saturated rings. The molecule has 0 heterocycles. The van der Waals surface area contributed by atoms with Gasteiger partial charge in [0, 0.05) is 8.95 Å². The van der Waals surface area contributed by atoms with Crippen molar-refractivity contribution in [3.8, 4) is 0 Å². The van der Waals surface area contributed by atoms with Crippen molar-refractivity contribution in [2.24, 2.45) is 0 Å². The SMILES string of the molecule is O=S(=O)([O-])c1ccccc1Br.O=S(=O)([O-])c1ccccc1Br.[Hg+2]. The maximum Gasteiger partial charge on any atom is 2.00 e. The fraction of sp³-hybridized carbons (Fsp3) is 0. The summed E-state index contributed by atoms with van der Waals surface area (Å²) in [4.78, 5) is -0.444. The maximum atomic E-state index is 10.5. The van der Waals surface area contributed by atoms with Crippen LogP contribution in [0.4, 0.5) is 0 Å². The first kappa shape index (κ1) is 23.2. The predicted octanol–water partition coefficient (Wildman–Crippen LogP) is 2.70. The van der Waals surface area contributed by atoms with Gasteiger partial charge in [0.05, 0.1) is 9.79 Å². The number of halogens is 2. The molecule has 0 saturated carbocycles. The minimum Gasteiger partial charge on any atom is -0.744 e. The molecule has 0 aliphatic rings. The van der Waals surface area contributed by atoms with Crippen LogP contribution in [0.15, 0.2) is 67.3 Å². The molecule has 0 aromatic heterocycles. The number of hydrogen-bond donors (Lipinski definition) is 0. The van der Waals surface area contributed by atoms with Crippen LogP contribution in [0, 0.1) is 0 Å². The van der Waals surface area contributed by atoms with Gasteiger partial charge in [0.2, 0.25) is 0 Å². The molecular formula is C12H8Br2HgO6S2. The zero-order valence-electron chi connectivity index (χ0n) is 11.3. The summed E-state index contributed by atoms with van der Waals surface area (Å²) in [5, 5.41) is 0. The van der Waals surface area contributed by atoms with E-state index in [1.165, 1.54) is 36.4 Å². The molecule has 0 radical (unpaired) electrons. The van der Waals surface area contributed by atoms with Gasteiger partial charge < -0.3 is 9.11 Å². The normalized spacial score (nSPS) is 11.0. The second kappa shape index (κ2) is 9.59. The van der Waals surface area contributed by atoms with Gasteiger partial charge in [-0.2, -0.15) is 0 Å². The van der Waals surface area contributed by atoms with Crippen molar-refractivity contribution in [2.45, 2.75) is 9.79 Å². The van der Waals surface area contributed by atoms with Crippen molar-refractivity contribution >= 4 is 52.1 Å². The monoisotopic (exact) mass is 672 g/mol. The van der Waals surface area contributed by atoms with Crippen LogP contribution in [0.2, 0.25) is 0 Å². The van der Waals surface area contributed by atoms with Gasteiger partial charge in [-0.15, -0.1) is 0 Å². The van der Waals surface area contributed by atoms with E-state index in [-0.39, 0.29) is 37.5 Å².